The van der Waals surface area contributed by atoms with Crippen LogP contribution in [0, 0.1) is 0 Å². The first kappa shape index (κ1) is 14.2. The van der Waals surface area contributed by atoms with E-state index in [2.05, 4.69) is 39.1 Å². The summed E-state index contributed by atoms with van der Waals surface area (Å²) in [7, 11) is 1.88. The highest BCUT2D eigenvalue weighted by atomic mass is 16.5. The van der Waals surface area contributed by atoms with Gasteiger partial charge in [-0.15, -0.1) is 0 Å². The molecular formula is C14H22N6O. The Kier molecular flexibility index (Phi) is 4.03. The topological polar surface area (TPSA) is 68.1 Å². The van der Waals surface area contributed by atoms with Crippen molar-refractivity contribution in [2.24, 2.45) is 7.05 Å². The first-order valence-electron chi connectivity index (χ1n) is 7.38. The molecule has 0 radical (unpaired) electrons. The number of ether oxygens (including phenoxy) is 1. The number of hydrogen-bond acceptors (Lipinski definition) is 6. The Labute approximate surface area is 124 Å². The Bertz CT molecular complexity index is 603. The van der Waals surface area contributed by atoms with E-state index in [4.69, 9.17) is 4.74 Å². The fourth-order valence-electron chi connectivity index (χ4n) is 2.90. The summed E-state index contributed by atoms with van der Waals surface area (Å²) in [6, 6.07) is 0. The molecule has 0 unspecified atom stereocenters. The molecule has 2 aromatic heterocycles. The number of nitrogens with one attached hydrogen (secondary N) is 1. The summed E-state index contributed by atoms with van der Waals surface area (Å²) >= 11 is 0. The van der Waals surface area contributed by atoms with Crippen molar-refractivity contribution in [3.05, 3.63) is 12.5 Å². The van der Waals surface area contributed by atoms with Crippen molar-refractivity contribution in [1.82, 2.24) is 24.6 Å². The summed E-state index contributed by atoms with van der Waals surface area (Å²) in [6.07, 6.45) is 3.98. The van der Waals surface area contributed by atoms with Crippen LogP contribution >= 0.6 is 0 Å². The van der Waals surface area contributed by atoms with Gasteiger partial charge in [-0.2, -0.15) is 5.10 Å². The first-order chi connectivity index (χ1) is 10.1. The van der Waals surface area contributed by atoms with E-state index in [9.17, 15) is 0 Å². The molecule has 7 heteroatoms. The fourth-order valence-corrected chi connectivity index (χ4v) is 2.90. The van der Waals surface area contributed by atoms with Crippen LogP contribution in [0.25, 0.3) is 11.0 Å². The smallest absolute Gasteiger partial charge is 0.163 e. The number of aromatic nitrogens is 4. The second-order valence-electron chi connectivity index (χ2n) is 5.67. The van der Waals surface area contributed by atoms with Gasteiger partial charge >= 0.3 is 0 Å². The predicted octanol–water partition coefficient (Wildman–Crippen LogP) is 0.884. The van der Waals surface area contributed by atoms with Crippen molar-refractivity contribution in [3.63, 3.8) is 0 Å². The van der Waals surface area contributed by atoms with Crippen LogP contribution in [0.1, 0.15) is 13.8 Å². The van der Waals surface area contributed by atoms with Gasteiger partial charge < -0.3 is 10.1 Å². The molecule has 3 rings (SSSR count). The summed E-state index contributed by atoms with van der Waals surface area (Å²) in [4.78, 5) is 11.0. The number of aryl methyl sites for hydroxylation is 1. The molecule has 114 valence electrons. The van der Waals surface area contributed by atoms with E-state index in [0.717, 1.165) is 43.0 Å². The summed E-state index contributed by atoms with van der Waals surface area (Å²) in [5.74, 6) is 0.849. The van der Waals surface area contributed by atoms with E-state index in [-0.39, 0.29) is 0 Å². The Morgan fingerprint density at radius 2 is 2.05 bits per heavy atom. The SMILES string of the molecule is C[C@@H]1CN(CCNc2ncnc3c2cnn3C)C[C@@H](C)O1. The minimum Gasteiger partial charge on any atom is -0.373 e. The molecule has 1 aliphatic heterocycles. The van der Waals surface area contributed by atoms with Gasteiger partial charge in [0.15, 0.2) is 5.65 Å². The van der Waals surface area contributed by atoms with Gasteiger partial charge in [-0.3, -0.25) is 9.58 Å². The van der Waals surface area contributed by atoms with Gasteiger partial charge in [0, 0.05) is 33.2 Å². The van der Waals surface area contributed by atoms with Crippen LogP contribution in [0.4, 0.5) is 5.82 Å². The number of anilines is 1. The normalized spacial score (nSPS) is 23.6. The Morgan fingerprint density at radius 3 is 2.81 bits per heavy atom. The minimum atomic E-state index is 0.304. The maximum absolute atomic E-state index is 5.75. The summed E-state index contributed by atoms with van der Waals surface area (Å²) in [5, 5.41) is 8.57. The van der Waals surface area contributed by atoms with Crippen molar-refractivity contribution >= 4 is 16.9 Å². The molecular weight excluding hydrogens is 268 g/mol. The molecule has 7 nitrogen and oxygen atoms in total. The monoisotopic (exact) mass is 290 g/mol. The van der Waals surface area contributed by atoms with Crippen LogP contribution in [0.2, 0.25) is 0 Å². The van der Waals surface area contributed by atoms with Crippen molar-refractivity contribution < 1.29 is 4.74 Å². The van der Waals surface area contributed by atoms with E-state index < -0.39 is 0 Å². The third-order valence-electron chi connectivity index (χ3n) is 3.75. The number of hydrogen-bond donors (Lipinski definition) is 1. The van der Waals surface area contributed by atoms with Gasteiger partial charge in [-0.25, -0.2) is 9.97 Å². The largest absolute Gasteiger partial charge is 0.373 e. The molecule has 0 aromatic carbocycles. The average molecular weight is 290 g/mol. The molecule has 1 fully saturated rings. The van der Waals surface area contributed by atoms with E-state index in [1.54, 1.807) is 17.2 Å². The molecule has 21 heavy (non-hydrogen) atoms. The third kappa shape index (κ3) is 3.14. The average Bonchev–Trinajstić information content (AvgIpc) is 2.81. The summed E-state index contributed by atoms with van der Waals surface area (Å²) in [6.45, 7) is 8.04. The van der Waals surface area contributed by atoms with E-state index in [0.29, 0.717) is 12.2 Å². The van der Waals surface area contributed by atoms with Gasteiger partial charge in [0.2, 0.25) is 0 Å². The first-order valence-corrected chi connectivity index (χ1v) is 7.38. The lowest BCUT2D eigenvalue weighted by Gasteiger charge is -2.35. The molecule has 2 aromatic rings. The fraction of sp³-hybridized carbons (Fsp3) is 0.643. The highest BCUT2D eigenvalue weighted by Gasteiger charge is 2.21. The molecule has 0 aliphatic carbocycles. The van der Waals surface area contributed by atoms with Crippen LogP contribution in [0.3, 0.4) is 0 Å². The minimum absolute atomic E-state index is 0.304. The lowest BCUT2D eigenvalue weighted by Crippen LogP contribution is -2.46. The predicted molar refractivity (Wildman–Crippen MR) is 81.2 cm³/mol. The zero-order valence-electron chi connectivity index (χ0n) is 12.8. The maximum atomic E-state index is 5.75. The molecule has 0 saturated carbocycles. The molecule has 1 aliphatic rings. The van der Waals surface area contributed by atoms with E-state index >= 15 is 0 Å². The maximum Gasteiger partial charge on any atom is 0.163 e. The third-order valence-corrected chi connectivity index (χ3v) is 3.75. The Morgan fingerprint density at radius 1 is 1.29 bits per heavy atom. The zero-order valence-corrected chi connectivity index (χ0v) is 12.8. The number of fused-ring (bicyclic) bond motifs is 1. The molecule has 3 heterocycles. The lowest BCUT2D eigenvalue weighted by molar-refractivity contribution is -0.0667. The van der Waals surface area contributed by atoms with Crippen molar-refractivity contribution in [3.8, 4) is 0 Å². The van der Waals surface area contributed by atoms with Crippen LogP contribution in [-0.4, -0.2) is 63.0 Å². The van der Waals surface area contributed by atoms with Gasteiger partial charge in [0.05, 0.1) is 23.8 Å². The molecule has 0 amide bonds. The second-order valence-corrected chi connectivity index (χ2v) is 5.67. The summed E-state index contributed by atoms with van der Waals surface area (Å²) in [5.41, 5.74) is 0.848. The summed E-state index contributed by atoms with van der Waals surface area (Å²) < 4.78 is 7.51. The zero-order chi connectivity index (χ0) is 14.8. The van der Waals surface area contributed by atoms with Crippen molar-refractivity contribution in [1.29, 1.82) is 0 Å². The Hall–Kier alpha value is -1.73. The molecule has 1 saturated heterocycles. The van der Waals surface area contributed by atoms with Gasteiger partial charge in [-0.05, 0) is 13.8 Å². The van der Waals surface area contributed by atoms with Gasteiger partial charge in [0.1, 0.15) is 12.1 Å². The number of morpholine rings is 1. The Balaban J connectivity index is 1.59. The van der Waals surface area contributed by atoms with Gasteiger partial charge in [-0.1, -0.05) is 0 Å². The van der Waals surface area contributed by atoms with Crippen LogP contribution < -0.4 is 5.32 Å². The van der Waals surface area contributed by atoms with Gasteiger partial charge in [0.25, 0.3) is 0 Å². The van der Waals surface area contributed by atoms with Crippen molar-refractivity contribution in [2.45, 2.75) is 26.1 Å². The lowest BCUT2D eigenvalue weighted by atomic mass is 10.2. The molecule has 1 N–H and O–H groups in total. The quantitative estimate of drug-likeness (QED) is 0.902. The van der Waals surface area contributed by atoms with E-state index in [1.165, 1.54) is 0 Å². The number of rotatable bonds is 4. The number of nitrogens with zero attached hydrogens (tertiary/aromatic N) is 5. The van der Waals surface area contributed by atoms with Crippen LogP contribution in [0.5, 0.6) is 0 Å². The second kappa shape index (κ2) is 5.95. The van der Waals surface area contributed by atoms with Crippen molar-refractivity contribution in [2.75, 3.05) is 31.5 Å². The highest BCUT2D eigenvalue weighted by Crippen LogP contribution is 2.17. The molecule has 0 bridgehead atoms. The van der Waals surface area contributed by atoms with Crippen LogP contribution in [0.15, 0.2) is 12.5 Å². The standard InChI is InChI=1S/C14H22N6O/c1-10-7-20(8-11(2)21-10)5-4-15-13-12-6-18-19(3)14(12)17-9-16-13/h6,9-11H,4-5,7-8H2,1-3H3,(H,15,16,17)/t10-,11-/m1/s1. The molecule has 2 atom stereocenters. The van der Waals surface area contributed by atoms with E-state index in [1.807, 2.05) is 7.05 Å². The highest BCUT2D eigenvalue weighted by molar-refractivity contribution is 5.85. The van der Waals surface area contributed by atoms with Crippen LogP contribution in [-0.2, 0) is 11.8 Å². The molecule has 0 spiro atoms.